The number of nitrogens with two attached hydrogens (primary N) is 1. The van der Waals surface area contributed by atoms with Crippen molar-refractivity contribution in [2.75, 3.05) is 25.1 Å². The highest BCUT2D eigenvalue weighted by Crippen LogP contribution is 2.37. The molecule has 1 atom stereocenters. The van der Waals surface area contributed by atoms with Crippen LogP contribution in [0.25, 0.3) is 11.3 Å². The summed E-state index contributed by atoms with van der Waals surface area (Å²) in [5.41, 5.74) is 9.08. The van der Waals surface area contributed by atoms with Crippen LogP contribution < -0.4 is 5.73 Å². The highest BCUT2D eigenvalue weighted by Gasteiger charge is 2.31. The number of carbonyl (C=O) groups excluding carboxylic acids is 1. The monoisotopic (exact) mass is 418 g/mol. The number of piperidine rings is 1. The molecule has 1 amide bonds. The Morgan fingerprint density at radius 3 is 2.90 bits per heavy atom. The maximum absolute atomic E-state index is 12.5. The van der Waals surface area contributed by atoms with Crippen molar-refractivity contribution in [3.8, 4) is 0 Å². The summed E-state index contributed by atoms with van der Waals surface area (Å²) in [4.78, 5) is 19.1. The lowest BCUT2D eigenvalue weighted by Gasteiger charge is -2.34. The van der Waals surface area contributed by atoms with Crippen LogP contribution in [0.1, 0.15) is 50.8 Å². The van der Waals surface area contributed by atoms with Gasteiger partial charge in [0.1, 0.15) is 17.1 Å². The molecule has 1 fully saturated rings. The van der Waals surface area contributed by atoms with E-state index in [9.17, 15) is 4.79 Å². The maximum atomic E-state index is 12.5. The van der Waals surface area contributed by atoms with Crippen LogP contribution >= 0.6 is 12.0 Å². The third-order valence-corrected chi connectivity index (χ3v) is 5.16. The largest absolute Gasteiger partial charge is 0.444 e. The van der Waals surface area contributed by atoms with Crippen LogP contribution in [0.3, 0.4) is 0 Å². The Labute approximate surface area is 174 Å². The summed E-state index contributed by atoms with van der Waals surface area (Å²) in [6.07, 6.45) is 7.02. The zero-order valence-corrected chi connectivity index (χ0v) is 17.9. The molecule has 2 N–H and O–H groups in total. The molecule has 29 heavy (non-hydrogen) atoms. The molecule has 2 aliphatic rings. The van der Waals surface area contributed by atoms with Gasteiger partial charge in [0.05, 0.1) is 23.7 Å². The van der Waals surface area contributed by atoms with Crippen molar-refractivity contribution < 1.29 is 13.8 Å². The number of rotatable bonds is 4. The highest BCUT2D eigenvalue weighted by atomic mass is 32.2. The third-order valence-electron chi connectivity index (χ3n) is 4.85. The molecular weight excluding hydrogens is 392 g/mol. The fourth-order valence-electron chi connectivity index (χ4n) is 3.52. The van der Waals surface area contributed by atoms with Gasteiger partial charge in [-0.2, -0.15) is 13.9 Å². The molecule has 10 heteroatoms. The van der Waals surface area contributed by atoms with Gasteiger partial charge in [-0.25, -0.2) is 14.8 Å². The van der Waals surface area contributed by atoms with Crippen LogP contribution in [0.4, 0.5) is 10.6 Å². The van der Waals surface area contributed by atoms with Crippen LogP contribution in [0.2, 0.25) is 0 Å². The third kappa shape index (κ3) is 4.13. The molecule has 0 saturated carbocycles. The second kappa shape index (κ2) is 7.42. The minimum Gasteiger partial charge on any atom is -0.444 e. The summed E-state index contributed by atoms with van der Waals surface area (Å²) in [5, 5.41) is 6.04. The van der Waals surface area contributed by atoms with Crippen molar-refractivity contribution in [2.24, 2.45) is 0 Å². The molecule has 1 unspecified atom stereocenters. The Bertz CT molecular complexity index is 967. The summed E-state index contributed by atoms with van der Waals surface area (Å²) < 4.78 is 12.6. The smallest absolute Gasteiger partial charge is 0.410 e. The van der Waals surface area contributed by atoms with E-state index in [1.807, 2.05) is 39.3 Å². The van der Waals surface area contributed by atoms with Gasteiger partial charge >= 0.3 is 6.09 Å². The summed E-state index contributed by atoms with van der Waals surface area (Å²) in [6.45, 7) is 6.88. The van der Waals surface area contributed by atoms with Gasteiger partial charge in [0, 0.05) is 43.4 Å². The molecule has 0 aromatic carbocycles. The standard InChI is InChI=1S/C19H26N6O3S/c1-19(2,3)27-18(26)23-7-5-6-12(10-23)14-8-16(20)25-17(22-14)13(9-21-25)15-11-24(15)28-29-4/h8-9,11-12H,5-7,10,20H2,1-4H3. The van der Waals surface area contributed by atoms with E-state index in [4.69, 9.17) is 19.7 Å². The summed E-state index contributed by atoms with van der Waals surface area (Å²) >= 11 is 1.27. The molecule has 156 valence electrons. The molecule has 4 heterocycles. The van der Waals surface area contributed by atoms with E-state index in [2.05, 4.69) is 5.10 Å². The number of fused-ring (bicyclic) bond motifs is 1. The van der Waals surface area contributed by atoms with Gasteiger partial charge in [-0.15, -0.1) is 0 Å². The lowest BCUT2D eigenvalue weighted by Crippen LogP contribution is -2.42. The first-order valence-corrected chi connectivity index (χ1v) is 10.8. The average Bonchev–Trinajstić information content (AvgIpc) is 3.28. The Kier molecular flexibility index (Phi) is 5.07. The van der Waals surface area contributed by atoms with E-state index in [0.29, 0.717) is 24.6 Å². The average molecular weight is 419 g/mol. The summed E-state index contributed by atoms with van der Waals surface area (Å²) in [5.74, 6) is 0.613. The van der Waals surface area contributed by atoms with Crippen molar-refractivity contribution >= 4 is 35.3 Å². The molecule has 0 radical (unpaired) electrons. The quantitative estimate of drug-likeness (QED) is 0.756. The predicted molar refractivity (Wildman–Crippen MR) is 112 cm³/mol. The minimum absolute atomic E-state index is 0.0954. The second-order valence-electron chi connectivity index (χ2n) is 8.25. The Morgan fingerprint density at radius 2 is 2.17 bits per heavy atom. The van der Waals surface area contributed by atoms with Gasteiger partial charge in [0.2, 0.25) is 0 Å². The molecule has 0 spiro atoms. The van der Waals surface area contributed by atoms with Crippen molar-refractivity contribution in [1.82, 2.24) is 24.6 Å². The van der Waals surface area contributed by atoms with Crippen molar-refractivity contribution in [1.29, 1.82) is 0 Å². The number of hydrogen-bond donors (Lipinski definition) is 1. The Balaban J connectivity index is 1.57. The molecule has 2 aromatic heterocycles. The number of nitrogen functional groups attached to an aromatic ring is 1. The number of nitrogens with zero attached hydrogens (tertiary/aromatic N) is 5. The van der Waals surface area contributed by atoms with Crippen molar-refractivity contribution in [3.05, 3.63) is 29.7 Å². The van der Waals surface area contributed by atoms with Gasteiger partial charge in [-0.3, -0.25) is 0 Å². The number of hydroxylamine groups is 2. The molecule has 4 rings (SSSR count). The number of carbonyl (C=O) groups is 1. The zero-order valence-electron chi connectivity index (χ0n) is 17.1. The van der Waals surface area contributed by atoms with Gasteiger partial charge < -0.3 is 15.4 Å². The zero-order chi connectivity index (χ0) is 20.8. The van der Waals surface area contributed by atoms with Crippen molar-refractivity contribution in [3.63, 3.8) is 0 Å². The molecule has 2 aromatic rings. The fraction of sp³-hybridized carbons (Fsp3) is 0.526. The van der Waals surface area contributed by atoms with Gasteiger partial charge in [0.15, 0.2) is 5.65 Å². The topological polar surface area (TPSA) is 98.0 Å². The maximum Gasteiger partial charge on any atom is 0.410 e. The first-order valence-electron chi connectivity index (χ1n) is 9.61. The van der Waals surface area contributed by atoms with E-state index >= 15 is 0 Å². The van der Waals surface area contributed by atoms with Crippen LogP contribution in [-0.2, 0) is 9.02 Å². The lowest BCUT2D eigenvalue weighted by atomic mass is 9.94. The van der Waals surface area contributed by atoms with E-state index in [0.717, 1.165) is 29.8 Å². The molecule has 0 aliphatic carbocycles. The lowest BCUT2D eigenvalue weighted by molar-refractivity contribution is 0.0197. The molecule has 0 bridgehead atoms. The highest BCUT2D eigenvalue weighted by molar-refractivity contribution is 7.93. The van der Waals surface area contributed by atoms with Gasteiger partial charge in [-0.1, -0.05) is 0 Å². The number of ether oxygens (including phenoxy) is 1. The van der Waals surface area contributed by atoms with E-state index in [1.54, 1.807) is 20.7 Å². The van der Waals surface area contributed by atoms with Crippen LogP contribution in [0, 0.1) is 0 Å². The number of hydrogen-bond acceptors (Lipinski definition) is 8. The van der Waals surface area contributed by atoms with E-state index in [1.165, 1.54) is 12.0 Å². The normalized spacial score (nSPS) is 19.4. The predicted octanol–water partition coefficient (Wildman–Crippen LogP) is 3.25. The van der Waals surface area contributed by atoms with E-state index < -0.39 is 5.60 Å². The summed E-state index contributed by atoms with van der Waals surface area (Å²) in [6, 6.07) is 1.85. The number of aromatic nitrogens is 3. The van der Waals surface area contributed by atoms with Crippen LogP contribution in [-0.4, -0.2) is 55.6 Å². The molecular formula is C19H26N6O3S. The Morgan fingerprint density at radius 1 is 1.38 bits per heavy atom. The minimum atomic E-state index is -0.513. The fourth-order valence-corrected chi connectivity index (χ4v) is 3.80. The van der Waals surface area contributed by atoms with Crippen molar-refractivity contribution in [2.45, 2.75) is 45.1 Å². The van der Waals surface area contributed by atoms with E-state index in [-0.39, 0.29) is 12.0 Å². The number of anilines is 1. The second-order valence-corrected chi connectivity index (χ2v) is 8.73. The number of likely N-dealkylation sites (tertiary alicyclic amines) is 1. The number of amides is 1. The van der Waals surface area contributed by atoms with Crippen LogP contribution in [0.15, 0.2) is 18.5 Å². The summed E-state index contributed by atoms with van der Waals surface area (Å²) in [7, 11) is 0. The molecule has 2 aliphatic heterocycles. The SMILES string of the molecule is CSON1C=C1c1cnn2c(N)cc(C3CCCN(C(=O)OC(C)(C)C)C3)nc12. The van der Waals surface area contributed by atoms with Gasteiger partial charge in [0.25, 0.3) is 0 Å². The van der Waals surface area contributed by atoms with Gasteiger partial charge in [-0.05, 0) is 33.6 Å². The molecule has 1 saturated heterocycles. The molecule has 9 nitrogen and oxygen atoms in total. The first kappa shape index (κ1) is 19.8. The van der Waals surface area contributed by atoms with Crippen LogP contribution in [0.5, 0.6) is 0 Å². The Hall–Kier alpha value is -2.46. The first-order chi connectivity index (χ1) is 13.8.